The summed E-state index contributed by atoms with van der Waals surface area (Å²) in [7, 11) is 0. The summed E-state index contributed by atoms with van der Waals surface area (Å²) in [6, 6.07) is 5.33. The Morgan fingerprint density at radius 2 is 2.18 bits per heavy atom. The topological polar surface area (TPSA) is 70.7 Å². The number of aromatic nitrogens is 3. The molecule has 0 aliphatic carbocycles. The molecule has 0 saturated heterocycles. The van der Waals surface area contributed by atoms with E-state index in [1.165, 1.54) is 6.07 Å². The van der Waals surface area contributed by atoms with E-state index in [4.69, 9.17) is 0 Å². The fourth-order valence-electron chi connectivity index (χ4n) is 1.53. The highest BCUT2D eigenvalue weighted by Crippen LogP contribution is 2.05. The third-order valence-electron chi connectivity index (χ3n) is 2.27. The summed E-state index contributed by atoms with van der Waals surface area (Å²) < 4.78 is 0. The summed E-state index contributed by atoms with van der Waals surface area (Å²) in [5.41, 5.74) is 1.71. The number of nitrogens with zero attached hydrogens (tertiary/aromatic N) is 2. The van der Waals surface area contributed by atoms with Gasteiger partial charge < -0.3 is 10.3 Å². The molecule has 2 rings (SSSR count). The summed E-state index contributed by atoms with van der Waals surface area (Å²) in [6.07, 6.45) is 1.74. The van der Waals surface area contributed by atoms with Crippen LogP contribution in [0.5, 0.6) is 0 Å². The molecule has 5 nitrogen and oxygen atoms in total. The largest absolute Gasteiger partial charge is 0.363 e. The first-order valence-corrected chi connectivity index (χ1v) is 5.37. The summed E-state index contributed by atoms with van der Waals surface area (Å²) in [5, 5.41) is 3.11. The van der Waals surface area contributed by atoms with Crippen LogP contribution < -0.4 is 10.9 Å². The van der Waals surface area contributed by atoms with Gasteiger partial charge in [-0.25, -0.2) is 9.97 Å². The molecule has 2 aromatic heterocycles. The van der Waals surface area contributed by atoms with Crippen molar-refractivity contribution >= 4 is 5.82 Å². The van der Waals surface area contributed by atoms with Gasteiger partial charge in [0, 0.05) is 18.0 Å². The zero-order valence-electron chi connectivity index (χ0n) is 9.82. The van der Waals surface area contributed by atoms with Crippen molar-refractivity contribution in [2.24, 2.45) is 0 Å². The van der Waals surface area contributed by atoms with Gasteiger partial charge in [0.25, 0.3) is 5.56 Å². The Morgan fingerprint density at radius 3 is 2.88 bits per heavy atom. The molecule has 0 amide bonds. The maximum Gasteiger partial charge on any atom is 0.251 e. The van der Waals surface area contributed by atoms with E-state index in [2.05, 4.69) is 20.3 Å². The molecule has 0 bridgehead atoms. The highest BCUT2D eigenvalue weighted by molar-refractivity contribution is 5.36. The van der Waals surface area contributed by atoms with Gasteiger partial charge in [-0.05, 0) is 31.5 Å². The molecule has 0 aromatic carbocycles. The minimum absolute atomic E-state index is 0.133. The Hall–Kier alpha value is -2.17. The third kappa shape index (κ3) is 3.14. The first-order chi connectivity index (χ1) is 8.13. The maximum absolute atomic E-state index is 11.2. The van der Waals surface area contributed by atoms with Gasteiger partial charge in [0.2, 0.25) is 0 Å². The van der Waals surface area contributed by atoms with Crippen molar-refractivity contribution in [3.63, 3.8) is 0 Å². The molecule has 2 N–H and O–H groups in total. The summed E-state index contributed by atoms with van der Waals surface area (Å²) in [4.78, 5) is 22.3. The zero-order chi connectivity index (χ0) is 12.3. The molecule has 17 heavy (non-hydrogen) atoms. The van der Waals surface area contributed by atoms with E-state index in [0.29, 0.717) is 18.1 Å². The molecule has 0 aliphatic rings. The average Bonchev–Trinajstić information content (AvgIpc) is 2.25. The van der Waals surface area contributed by atoms with Gasteiger partial charge in [-0.15, -0.1) is 0 Å². The Labute approximate surface area is 99.0 Å². The third-order valence-corrected chi connectivity index (χ3v) is 2.27. The lowest BCUT2D eigenvalue weighted by Crippen LogP contribution is -2.14. The van der Waals surface area contributed by atoms with Gasteiger partial charge in [0.05, 0.1) is 6.54 Å². The molecule has 0 fully saturated rings. The van der Waals surface area contributed by atoms with Crippen molar-refractivity contribution in [1.82, 2.24) is 15.0 Å². The lowest BCUT2D eigenvalue weighted by Gasteiger charge is -2.05. The van der Waals surface area contributed by atoms with Crippen LogP contribution in [-0.4, -0.2) is 15.0 Å². The van der Waals surface area contributed by atoms with E-state index >= 15 is 0 Å². The van der Waals surface area contributed by atoms with Crippen LogP contribution in [0.4, 0.5) is 5.82 Å². The smallest absolute Gasteiger partial charge is 0.251 e. The molecule has 0 atom stereocenters. The molecule has 0 radical (unpaired) electrons. The fraction of sp³-hybridized carbons (Fsp3) is 0.250. The normalized spacial score (nSPS) is 10.2. The Morgan fingerprint density at radius 1 is 1.35 bits per heavy atom. The van der Waals surface area contributed by atoms with Crippen LogP contribution in [0.1, 0.15) is 17.1 Å². The SMILES string of the molecule is Cc1ccnc(NCc2nc(C)cc(=O)[nH]2)c1. The van der Waals surface area contributed by atoms with Gasteiger partial charge in [-0.2, -0.15) is 0 Å². The minimum Gasteiger partial charge on any atom is -0.363 e. The van der Waals surface area contributed by atoms with Crippen LogP contribution in [0.15, 0.2) is 29.2 Å². The predicted octanol–water partition coefficient (Wildman–Crippen LogP) is 1.39. The Kier molecular flexibility index (Phi) is 3.18. The number of nitrogens with one attached hydrogen (secondary N) is 2. The van der Waals surface area contributed by atoms with Gasteiger partial charge in [0.15, 0.2) is 0 Å². The molecule has 0 spiro atoms. The number of hydrogen-bond acceptors (Lipinski definition) is 4. The zero-order valence-corrected chi connectivity index (χ0v) is 9.82. The van der Waals surface area contributed by atoms with Crippen LogP contribution in [0.2, 0.25) is 0 Å². The van der Waals surface area contributed by atoms with Crippen molar-refractivity contribution in [1.29, 1.82) is 0 Å². The first-order valence-electron chi connectivity index (χ1n) is 5.37. The van der Waals surface area contributed by atoms with Crippen molar-refractivity contribution < 1.29 is 0 Å². The molecule has 0 saturated carbocycles. The van der Waals surface area contributed by atoms with Crippen molar-refractivity contribution in [3.8, 4) is 0 Å². The lowest BCUT2D eigenvalue weighted by atomic mass is 10.3. The van der Waals surface area contributed by atoms with Crippen molar-refractivity contribution in [3.05, 3.63) is 51.8 Å². The van der Waals surface area contributed by atoms with Gasteiger partial charge in [0.1, 0.15) is 11.6 Å². The summed E-state index contributed by atoms with van der Waals surface area (Å²) in [6.45, 7) is 4.25. The van der Waals surface area contributed by atoms with E-state index in [9.17, 15) is 4.79 Å². The maximum atomic E-state index is 11.2. The monoisotopic (exact) mass is 230 g/mol. The Balaban J connectivity index is 2.09. The summed E-state index contributed by atoms with van der Waals surface area (Å²) in [5.74, 6) is 1.38. The second kappa shape index (κ2) is 4.78. The van der Waals surface area contributed by atoms with E-state index in [0.717, 1.165) is 11.4 Å². The molecule has 0 aliphatic heterocycles. The van der Waals surface area contributed by atoms with Gasteiger partial charge in [-0.3, -0.25) is 4.79 Å². The first kappa shape index (κ1) is 11.3. The summed E-state index contributed by atoms with van der Waals surface area (Å²) >= 11 is 0. The molecule has 0 unspecified atom stereocenters. The molecular formula is C12H14N4O. The quantitative estimate of drug-likeness (QED) is 0.836. The molecule has 2 aromatic rings. The number of H-pyrrole nitrogens is 1. The minimum atomic E-state index is -0.133. The Bertz CT molecular complexity index is 577. The molecule has 2 heterocycles. The number of anilines is 1. The van der Waals surface area contributed by atoms with E-state index in [1.807, 2.05) is 19.1 Å². The number of aromatic amines is 1. The predicted molar refractivity (Wildman–Crippen MR) is 65.9 cm³/mol. The van der Waals surface area contributed by atoms with Crippen LogP contribution >= 0.6 is 0 Å². The standard InChI is InChI=1S/C12H14N4O/c1-8-3-4-13-10(5-8)14-7-11-15-9(2)6-12(17)16-11/h3-6H,7H2,1-2H3,(H,13,14)(H,15,16,17). The van der Waals surface area contributed by atoms with Gasteiger partial charge in [-0.1, -0.05) is 0 Å². The van der Waals surface area contributed by atoms with Crippen molar-refractivity contribution in [2.45, 2.75) is 20.4 Å². The molecule has 88 valence electrons. The number of aryl methyl sites for hydroxylation is 2. The lowest BCUT2D eigenvalue weighted by molar-refractivity contribution is 0.901. The number of hydrogen-bond donors (Lipinski definition) is 2. The second-order valence-electron chi connectivity index (χ2n) is 3.91. The van der Waals surface area contributed by atoms with E-state index in [-0.39, 0.29) is 5.56 Å². The molecule has 5 heteroatoms. The fourth-order valence-corrected chi connectivity index (χ4v) is 1.53. The van der Waals surface area contributed by atoms with Crippen LogP contribution in [0.25, 0.3) is 0 Å². The van der Waals surface area contributed by atoms with E-state index < -0.39 is 0 Å². The van der Waals surface area contributed by atoms with Crippen LogP contribution in [0.3, 0.4) is 0 Å². The van der Waals surface area contributed by atoms with Crippen molar-refractivity contribution in [2.75, 3.05) is 5.32 Å². The highest BCUT2D eigenvalue weighted by atomic mass is 16.1. The highest BCUT2D eigenvalue weighted by Gasteiger charge is 1.99. The average molecular weight is 230 g/mol. The van der Waals surface area contributed by atoms with E-state index in [1.54, 1.807) is 13.1 Å². The van der Waals surface area contributed by atoms with Crippen LogP contribution in [0, 0.1) is 13.8 Å². The van der Waals surface area contributed by atoms with Crippen LogP contribution in [-0.2, 0) is 6.54 Å². The number of rotatable bonds is 3. The van der Waals surface area contributed by atoms with Gasteiger partial charge >= 0.3 is 0 Å². The number of pyridine rings is 1. The molecular weight excluding hydrogens is 216 g/mol. The second-order valence-corrected chi connectivity index (χ2v) is 3.91.